The number of aromatic amines is 1. The average molecular weight is 497 g/mol. The summed E-state index contributed by atoms with van der Waals surface area (Å²) in [5.74, 6) is 3.83. The van der Waals surface area contributed by atoms with Gasteiger partial charge >= 0.3 is 0 Å². The van der Waals surface area contributed by atoms with Gasteiger partial charge in [-0.25, -0.2) is 9.97 Å². The molecule has 2 fully saturated rings. The highest BCUT2D eigenvalue weighted by Crippen LogP contribution is 2.41. The van der Waals surface area contributed by atoms with Crippen LogP contribution >= 0.6 is 0 Å². The quantitative estimate of drug-likeness (QED) is 0.419. The van der Waals surface area contributed by atoms with E-state index in [0.717, 1.165) is 59.9 Å². The average Bonchev–Trinajstić information content (AvgIpc) is 3.59. The van der Waals surface area contributed by atoms with E-state index in [0.29, 0.717) is 12.0 Å². The molecule has 3 aliphatic rings. The molecule has 0 unspecified atom stereocenters. The van der Waals surface area contributed by atoms with Gasteiger partial charge < -0.3 is 9.80 Å². The first-order valence-electron chi connectivity index (χ1n) is 13.9. The third kappa shape index (κ3) is 3.80. The maximum Gasteiger partial charge on any atom is 0.162 e. The SMILES string of the molecule is Cc1ccc2[nH]nc(C)c2c1-c1nc2c(c(N3CCCC[C@H]3C)n1)CN(c1cc(C3CC3)nn1C)CC2. The zero-order valence-corrected chi connectivity index (χ0v) is 22.4. The van der Waals surface area contributed by atoms with Gasteiger partial charge in [0.2, 0.25) is 0 Å². The van der Waals surface area contributed by atoms with Gasteiger partial charge in [0.1, 0.15) is 11.6 Å². The number of piperidine rings is 1. The fraction of sp³-hybridized carbons (Fsp3) is 0.517. The van der Waals surface area contributed by atoms with Crippen LogP contribution in [0.1, 0.15) is 73.2 Å². The Morgan fingerprint density at radius 3 is 2.70 bits per heavy atom. The molecular formula is C29H36N8. The molecule has 0 bridgehead atoms. The van der Waals surface area contributed by atoms with Crippen LogP contribution < -0.4 is 9.80 Å². The Morgan fingerprint density at radius 1 is 1.03 bits per heavy atom. The summed E-state index contributed by atoms with van der Waals surface area (Å²) in [4.78, 5) is 15.7. The van der Waals surface area contributed by atoms with Crippen LogP contribution in [0.4, 0.5) is 11.6 Å². The molecule has 0 amide bonds. The third-order valence-electron chi connectivity index (χ3n) is 8.65. The van der Waals surface area contributed by atoms with Crippen LogP contribution in [0.15, 0.2) is 18.2 Å². The number of H-pyrrole nitrogens is 1. The molecule has 1 aromatic carbocycles. The molecule has 1 aliphatic carbocycles. The first-order valence-corrected chi connectivity index (χ1v) is 13.9. The summed E-state index contributed by atoms with van der Waals surface area (Å²) in [5.41, 5.74) is 8.06. The van der Waals surface area contributed by atoms with E-state index in [-0.39, 0.29) is 0 Å². The Hall–Kier alpha value is -3.42. The van der Waals surface area contributed by atoms with Crippen molar-refractivity contribution in [2.24, 2.45) is 7.05 Å². The van der Waals surface area contributed by atoms with Crippen molar-refractivity contribution in [3.8, 4) is 11.4 Å². The number of nitrogens with zero attached hydrogens (tertiary/aromatic N) is 7. The second-order valence-electron chi connectivity index (χ2n) is 11.3. The summed E-state index contributed by atoms with van der Waals surface area (Å²) in [6, 6.07) is 7.05. The summed E-state index contributed by atoms with van der Waals surface area (Å²) in [6.07, 6.45) is 7.16. The van der Waals surface area contributed by atoms with Crippen molar-refractivity contribution >= 4 is 22.5 Å². The Labute approximate surface area is 218 Å². The minimum absolute atomic E-state index is 0.474. The van der Waals surface area contributed by atoms with Crippen LogP contribution in [0.3, 0.4) is 0 Å². The second-order valence-corrected chi connectivity index (χ2v) is 11.3. The number of hydrogen-bond donors (Lipinski definition) is 1. The molecule has 3 aromatic heterocycles. The van der Waals surface area contributed by atoms with Crippen molar-refractivity contribution in [1.82, 2.24) is 29.9 Å². The molecule has 1 atom stereocenters. The van der Waals surface area contributed by atoms with E-state index in [1.165, 1.54) is 60.4 Å². The molecule has 37 heavy (non-hydrogen) atoms. The summed E-state index contributed by atoms with van der Waals surface area (Å²) >= 11 is 0. The fourth-order valence-electron chi connectivity index (χ4n) is 6.37. The summed E-state index contributed by atoms with van der Waals surface area (Å²) in [7, 11) is 2.08. The lowest BCUT2D eigenvalue weighted by atomic mass is 9.98. The van der Waals surface area contributed by atoms with Crippen LogP contribution in [0.25, 0.3) is 22.3 Å². The van der Waals surface area contributed by atoms with E-state index in [1.807, 2.05) is 0 Å². The molecule has 1 saturated heterocycles. The van der Waals surface area contributed by atoms with E-state index in [4.69, 9.17) is 15.1 Å². The van der Waals surface area contributed by atoms with Crippen molar-refractivity contribution in [3.05, 3.63) is 46.4 Å². The zero-order valence-electron chi connectivity index (χ0n) is 22.4. The van der Waals surface area contributed by atoms with Crippen LogP contribution in [-0.4, -0.2) is 49.1 Å². The molecule has 8 heteroatoms. The minimum Gasteiger partial charge on any atom is -0.354 e. The molecule has 7 rings (SSSR count). The molecule has 2 aliphatic heterocycles. The van der Waals surface area contributed by atoms with E-state index in [1.54, 1.807) is 0 Å². The van der Waals surface area contributed by atoms with Crippen LogP contribution in [-0.2, 0) is 20.0 Å². The van der Waals surface area contributed by atoms with Gasteiger partial charge in [-0.1, -0.05) is 6.07 Å². The number of benzene rings is 1. The Kier molecular flexibility index (Phi) is 5.27. The van der Waals surface area contributed by atoms with E-state index in [2.05, 4.69) is 70.7 Å². The van der Waals surface area contributed by atoms with E-state index < -0.39 is 0 Å². The van der Waals surface area contributed by atoms with Gasteiger partial charge in [-0.2, -0.15) is 10.2 Å². The van der Waals surface area contributed by atoms with Gasteiger partial charge in [-0.05, 0) is 64.5 Å². The standard InChI is InChI=1S/C29H36N8/c1-17-8-11-23-27(19(3)32-33-23)26(17)28-30-22-12-14-36(25-15-24(20-9-10-20)34-35(25)4)16-21(22)29(31-28)37-13-6-5-7-18(37)2/h8,11,15,18,20H,5-7,9-10,12-14,16H2,1-4H3,(H,32,33)/t18-/m1/s1. The summed E-state index contributed by atoms with van der Waals surface area (Å²) in [6.45, 7) is 9.39. The zero-order chi connectivity index (χ0) is 25.3. The van der Waals surface area contributed by atoms with Gasteiger partial charge in [-0.3, -0.25) is 9.78 Å². The first-order chi connectivity index (χ1) is 18.0. The van der Waals surface area contributed by atoms with Crippen LogP contribution in [0.2, 0.25) is 0 Å². The number of anilines is 2. The normalized spacial score (nSPS) is 20.1. The highest BCUT2D eigenvalue weighted by atomic mass is 15.4. The predicted octanol–water partition coefficient (Wildman–Crippen LogP) is 5.19. The highest BCUT2D eigenvalue weighted by molar-refractivity contribution is 5.96. The molecule has 1 N–H and O–H groups in total. The third-order valence-corrected chi connectivity index (χ3v) is 8.65. The Balaban J connectivity index is 1.36. The van der Waals surface area contributed by atoms with Crippen molar-refractivity contribution in [2.75, 3.05) is 22.9 Å². The lowest BCUT2D eigenvalue weighted by Crippen LogP contribution is -2.41. The van der Waals surface area contributed by atoms with Crippen LogP contribution in [0.5, 0.6) is 0 Å². The van der Waals surface area contributed by atoms with Gasteiger partial charge in [0, 0.05) is 67.6 Å². The first kappa shape index (κ1) is 22.8. The Morgan fingerprint density at radius 2 is 1.89 bits per heavy atom. The van der Waals surface area contributed by atoms with Gasteiger partial charge in [-0.15, -0.1) is 0 Å². The maximum absolute atomic E-state index is 5.38. The second kappa shape index (κ2) is 8.57. The van der Waals surface area contributed by atoms with Crippen LogP contribution in [0, 0.1) is 13.8 Å². The molecule has 8 nitrogen and oxygen atoms in total. The van der Waals surface area contributed by atoms with E-state index >= 15 is 0 Å². The van der Waals surface area contributed by atoms with Gasteiger partial charge in [0.05, 0.1) is 22.6 Å². The molecule has 0 spiro atoms. The largest absolute Gasteiger partial charge is 0.354 e. The molecule has 192 valence electrons. The Bertz CT molecular complexity index is 1490. The number of nitrogens with one attached hydrogen (secondary N) is 1. The fourth-order valence-corrected chi connectivity index (χ4v) is 6.37. The van der Waals surface area contributed by atoms with Crippen molar-refractivity contribution in [2.45, 2.75) is 77.8 Å². The number of aryl methyl sites for hydroxylation is 3. The lowest BCUT2D eigenvalue weighted by Gasteiger charge is -2.38. The molecule has 0 radical (unpaired) electrons. The number of aromatic nitrogens is 6. The highest BCUT2D eigenvalue weighted by Gasteiger charge is 2.32. The summed E-state index contributed by atoms with van der Waals surface area (Å²) in [5, 5.41) is 13.7. The smallest absolute Gasteiger partial charge is 0.162 e. The van der Waals surface area contributed by atoms with Crippen molar-refractivity contribution < 1.29 is 0 Å². The number of hydrogen-bond acceptors (Lipinski definition) is 6. The van der Waals surface area contributed by atoms with Crippen molar-refractivity contribution in [3.63, 3.8) is 0 Å². The minimum atomic E-state index is 0.474. The number of rotatable bonds is 4. The summed E-state index contributed by atoms with van der Waals surface area (Å²) < 4.78 is 2.07. The number of fused-ring (bicyclic) bond motifs is 2. The van der Waals surface area contributed by atoms with Gasteiger partial charge in [0.25, 0.3) is 0 Å². The monoisotopic (exact) mass is 496 g/mol. The maximum atomic E-state index is 5.38. The molecule has 4 aromatic rings. The lowest BCUT2D eigenvalue weighted by molar-refractivity contribution is 0.478. The van der Waals surface area contributed by atoms with Gasteiger partial charge in [0.15, 0.2) is 5.82 Å². The molecule has 1 saturated carbocycles. The molecular weight excluding hydrogens is 460 g/mol. The topological polar surface area (TPSA) is 78.8 Å². The molecule has 5 heterocycles. The van der Waals surface area contributed by atoms with Crippen molar-refractivity contribution in [1.29, 1.82) is 0 Å². The predicted molar refractivity (Wildman–Crippen MR) is 147 cm³/mol. The van der Waals surface area contributed by atoms with E-state index in [9.17, 15) is 0 Å².